The Kier molecular flexibility index (Phi) is 3.58. The van der Waals surface area contributed by atoms with E-state index in [1.807, 2.05) is 0 Å². The highest BCUT2D eigenvalue weighted by molar-refractivity contribution is 6.06. The molecule has 1 saturated heterocycles. The number of likely N-dealkylation sites (tertiary alicyclic amines) is 1. The van der Waals surface area contributed by atoms with Crippen molar-refractivity contribution in [3.05, 3.63) is 35.8 Å². The fourth-order valence-corrected chi connectivity index (χ4v) is 2.87. The Morgan fingerprint density at radius 1 is 1.36 bits per heavy atom. The summed E-state index contributed by atoms with van der Waals surface area (Å²) in [5, 5.41) is 10.3. The van der Waals surface area contributed by atoms with Crippen molar-refractivity contribution in [1.29, 1.82) is 0 Å². The average Bonchev–Trinajstić information content (AvgIpc) is 3.05. The maximum Gasteiger partial charge on any atom is 0.257 e. The minimum atomic E-state index is -0.844. The number of rotatable bonds is 3. The highest BCUT2D eigenvalue weighted by atomic mass is 19.1. The van der Waals surface area contributed by atoms with E-state index in [-0.39, 0.29) is 25.1 Å². The molecule has 2 amide bonds. The Morgan fingerprint density at radius 3 is 2.86 bits per heavy atom. The number of fused-ring (bicyclic) bond motifs is 1. The lowest BCUT2D eigenvalue weighted by atomic mass is 10.0. The number of hydrogen-bond acceptors (Lipinski definition) is 4. The number of carbonyl (C=O) groups is 2. The molecule has 0 bridgehead atoms. The van der Waals surface area contributed by atoms with Crippen LogP contribution in [0.2, 0.25) is 0 Å². The summed E-state index contributed by atoms with van der Waals surface area (Å²) in [6.45, 7) is 0.209. The topological polar surface area (TPSA) is 96.8 Å². The van der Waals surface area contributed by atoms with Crippen molar-refractivity contribution in [2.75, 3.05) is 13.1 Å². The van der Waals surface area contributed by atoms with E-state index in [1.165, 1.54) is 29.4 Å². The van der Waals surface area contributed by atoms with E-state index in [9.17, 15) is 19.1 Å². The zero-order valence-corrected chi connectivity index (χ0v) is 11.7. The first-order valence-corrected chi connectivity index (χ1v) is 6.88. The number of hydrogen-bond donors (Lipinski definition) is 2. The van der Waals surface area contributed by atoms with Crippen LogP contribution >= 0.6 is 0 Å². The molecular weight excluding hydrogens is 291 g/mol. The number of nitrogens with two attached hydrogens (primary N) is 1. The van der Waals surface area contributed by atoms with Crippen LogP contribution in [0.1, 0.15) is 16.8 Å². The molecule has 7 heteroatoms. The third-order valence-electron chi connectivity index (χ3n) is 3.96. The van der Waals surface area contributed by atoms with Crippen LogP contribution in [0.3, 0.4) is 0 Å². The summed E-state index contributed by atoms with van der Waals surface area (Å²) in [5.41, 5.74) is 5.46. The van der Waals surface area contributed by atoms with Crippen molar-refractivity contribution in [1.82, 2.24) is 4.90 Å². The van der Waals surface area contributed by atoms with Gasteiger partial charge < -0.3 is 20.2 Å². The highest BCUT2D eigenvalue weighted by Crippen LogP contribution is 2.27. The number of furan rings is 1. The molecule has 22 heavy (non-hydrogen) atoms. The third kappa shape index (κ3) is 2.43. The lowest BCUT2D eigenvalue weighted by Crippen LogP contribution is -2.30. The molecule has 0 spiro atoms. The average molecular weight is 306 g/mol. The Balaban J connectivity index is 1.89. The van der Waals surface area contributed by atoms with Crippen LogP contribution in [-0.2, 0) is 4.79 Å². The molecule has 2 aromatic rings. The monoisotopic (exact) mass is 306 g/mol. The molecule has 1 aliphatic rings. The molecule has 3 rings (SSSR count). The number of β-amino-alcohol motifs (C(OH)–C–C–N with tert-alkyl or cyclic N) is 1. The summed E-state index contributed by atoms with van der Waals surface area (Å²) in [5.74, 6) is -2.14. The van der Waals surface area contributed by atoms with Crippen LogP contribution in [0.4, 0.5) is 4.39 Å². The zero-order chi connectivity index (χ0) is 15.9. The lowest BCUT2D eigenvalue weighted by Gasteiger charge is -2.16. The molecule has 3 N–H and O–H groups in total. The molecule has 116 valence electrons. The Bertz CT molecular complexity index is 742. The zero-order valence-electron chi connectivity index (χ0n) is 11.7. The van der Waals surface area contributed by atoms with E-state index in [1.54, 1.807) is 0 Å². The smallest absolute Gasteiger partial charge is 0.257 e. The Hall–Kier alpha value is -2.41. The quantitative estimate of drug-likeness (QED) is 0.879. The number of primary amides is 1. The first-order valence-electron chi connectivity index (χ1n) is 6.88. The van der Waals surface area contributed by atoms with E-state index in [4.69, 9.17) is 10.2 Å². The van der Waals surface area contributed by atoms with E-state index in [2.05, 4.69) is 0 Å². The summed E-state index contributed by atoms with van der Waals surface area (Å²) in [6, 6.07) is 4.15. The number of nitrogens with zero attached hydrogens (tertiary/aromatic N) is 1. The second kappa shape index (κ2) is 5.42. The van der Waals surface area contributed by atoms with Crippen LogP contribution in [0, 0.1) is 11.7 Å². The maximum atomic E-state index is 14.1. The van der Waals surface area contributed by atoms with Gasteiger partial charge in [-0.15, -0.1) is 0 Å². The van der Waals surface area contributed by atoms with E-state index in [0.29, 0.717) is 11.0 Å². The molecule has 1 aromatic heterocycles. The Morgan fingerprint density at radius 2 is 2.14 bits per heavy atom. The minimum Gasteiger partial charge on any atom is -0.464 e. The normalized spacial score (nSPS) is 21.5. The summed E-state index contributed by atoms with van der Waals surface area (Å²) < 4.78 is 19.3. The molecule has 1 aliphatic heterocycles. The van der Waals surface area contributed by atoms with Crippen LogP contribution < -0.4 is 5.73 Å². The van der Waals surface area contributed by atoms with E-state index in [0.717, 1.165) is 0 Å². The molecule has 2 heterocycles. The minimum absolute atomic E-state index is 0.0106. The second-order valence-corrected chi connectivity index (χ2v) is 5.46. The van der Waals surface area contributed by atoms with Crippen molar-refractivity contribution >= 4 is 22.8 Å². The number of aliphatic hydroxyl groups excluding tert-OH is 1. The fourth-order valence-electron chi connectivity index (χ4n) is 2.87. The number of amides is 2. The molecule has 1 fully saturated rings. The van der Waals surface area contributed by atoms with E-state index >= 15 is 0 Å². The molecule has 0 radical (unpaired) electrons. The van der Waals surface area contributed by atoms with Gasteiger partial charge in [0.25, 0.3) is 5.91 Å². The van der Waals surface area contributed by atoms with Crippen molar-refractivity contribution in [3.8, 4) is 0 Å². The van der Waals surface area contributed by atoms with Gasteiger partial charge in [0.05, 0.1) is 17.9 Å². The Labute approximate surface area is 125 Å². The van der Waals surface area contributed by atoms with Gasteiger partial charge in [0.2, 0.25) is 5.91 Å². The van der Waals surface area contributed by atoms with Crippen molar-refractivity contribution in [3.63, 3.8) is 0 Å². The molecule has 1 aromatic carbocycles. The van der Waals surface area contributed by atoms with Crippen molar-refractivity contribution < 1.29 is 23.5 Å². The first-order chi connectivity index (χ1) is 10.5. The van der Waals surface area contributed by atoms with Gasteiger partial charge in [-0.3, -0.25) is 9.59 Å². The summed E-state index contributed by atoms with van der Waals surface area (Å²) in [6.07, 6.45) is 0.530. The predicted octanol–water partition coefficient (Wildman–Crippen LogP) is 0.880. The first kappa shape index (κ1) is 14.5. The SMILES string of the molecule is NC(=O)C[C@@H]1CN(C(=O)c2c(F)ccc3occc23)C[C@H]1O. The largest absolute Gasteiger partial charge is 0.464 e. The van der Waals surface area contributed by atoms with Gasteiger partial charge in [-0.05, 0) is 18.2 Å². The van der Waals surface area contributed by atoms with Crippen LogP contribution in [0.25, 0.3) is 11.0 Å². The standard InChI is InChI=1S/C15H15FN2O4/c16-10-1-2-12-9(3-4-22-12)14(10)15(21)18-6-8(5-13(17)20)11(19)7-18/h1-4,8,11,19H,5-7H2,(H2,17,20)/t8-,11-/m1/s1. The predicted molar refractivity (Wildman–Crippen MR) is 75.4 cm³/mol. The van der Waals surface area contributed by atoms with Gasteiger partial charge in [-0.1, -0.05) is 0 Å². The molecule has 2 atom stereocenters. The van der Waals surface area contributed by atoms with Crippen LogP contribution in [0.15, 0.2) is 28.9 Å². The lowest BCUT2D eigenvalue weighted by molar-refractivity contribution is -0.119. The number of carbonyl (C=O) groups excluding carboxylic acids is 2. The summed E-state index contributed by atoms with van der Waals surface area (Å²) >= 11 is 0. The van der Waals surface area contributed by atoms with Gasteiger partial charge in [0, 0.05) is 30.8 Å². The molecule has 0 aliphatic carbocycles. The van der Waals surface area contributed by atoms with Crippen molar-refractivity contribution in [2.45, 2.75) is 12.5 Å². The summed E-state index contributed by atoms with van der Waals surface area (Å²) in [7, 11) is 0. The van der Waals surface area contributed by atoms with Crippen molar-refractivity contribution in [2.24, 2.45) is 11.7 Å². The van der Waals surface area contributed by atoms with Gasteiger partial charge >= 0.3 is 0 Å². The molecule has 6 nitrogen and oxygen atoms in total. The van der Waals surface area contributed by atoms with E-state index < -0.39 is 29.7 Å². The van der Waals surface area contributed by atoms with Crippen LogP contribution in [0.5, 0.6) is 0 Å². The van der Waals surface area contributed by atoms with Gasteiger partial charge in [-0.2, -0.15) is 0 Å². The van der Waals surface area contributed by atoms with Gasteiger partial charge in [0.1, 0.15) is 11.4 Å². The third-order valence-corrected chi connectivity index (χ3v) is 3.96. The fraction of sp³-hybridized carbons (Fsp3) is 0.333. The number of aliphatic hydroxyl groups is 1. The maximum absolute atomic E-state index is 14.1. The summed E-state index contributed by atoms with van der Waals surface area (Å²) in [4.78, 5) is 24.9. The number of halogens is 1. The highest BCUT2D eigenvalue weighted by Gasteiger charge is 2.36. The van der Waals surface area contributed by atoms with Gasteiger partial charge in [0.15, 0.2) is 0 Å². The van der Waals surface area contributed by atoms with Crippen LogP contribution in [-0.4, -0.2) is 41.0 Å². The second-order valence-electron chi connectivity index (χ2n) is 5.46. The number of benzene rings is 1. The molecule has 0 unspecified atom stereocenters. The molecular formula is C15H15FN2O4. The van der Waals surface area contributed by atoms with Gasteiger partial charge in [-0.25, -0.2) is 4.39 Å². The molecule has 0 saturated carbocycles.